The Kier molecular flexibility index (Phi) is 3.35. The molecule has 0 N–H and O–H groups in total. The molecule has 0 radical (unpaired) electrons. The van der Waals surface area contributed by atoms with Gasteiger partial charge in [-0.3, -0.25) is 0 Å². The predicted molar refractivity (Wildman–Crippen MR) is 71.9 cm³/mol. The Bertz CT molecular complexity index is 836. The van der Waals surface area contributed by atoms with Gasteiger partial charge in [-0.05, 0) is 42.3 Å². The van der Waals surface area contributed by atoms with Gasteiger partial charge < -0.3 is 0 Å². The largest absolute Gasteiger partial charge is 0.419 e. The molecule has 2 aromatic heterocycles. The molecule has 0 atom stereocenters. The van der Waals surface area contributed by atoms with Crippen LogP contribution in [0, 0.1) is 12.7 Å². The molecule has 0 spiro atoms. The van der Waals surface area contributed by atoms with Crippen molar-refractivity contribution in [3.63, 3.8) is 0 Å². The molecule has 0 bridgehead atoms. The first-order valence-corrected chi connectivity index (χ1v) is 6.49. The maximum atomic E-state index is 13.6. The van der Waals surface area contributed by atoms with Crippen LogP contribution in [-0.2, 0) is 12.6 Å². The van der Waals surface area contributed by atoms with Crippen LogP contribution in [0.3, 0.4) is 0 Å². The first kappa shape index (κ1) is 14.5. The van der Waals surface area contributed by atoms with Crippen molar-refractivity contribution in [1.29, 1.82) is 0 Å². The lowest BCUT2D eigenvalue weighted by Gasteiger charge is -2.10. The molecule has 0 unspecified atom stereocenters. The first-order valence-electron chi connectivity index (χ1n) is 6.49. The van der Waals surface area contributed by atoms with E-state index in [-0.39, 0.29) is 6.42 Å². The minimum atomic E-state index is -4.69. The van der Waals surface area contributed by atoms with Gasteiger partial charge in [0.2, 0.25) is 0 Å². The highest BCUT2D eigenvalue weighted by Crippen LogP contribution is 2.31. The van der Waals surface area contributed by atoms with E-state index in [0.29, 0.717) is 11.2 Å². The van der Waals surface area contributed by atoms with Crippen LogP contribution in [0.2, 0.25) is 0 Å². The maximum Gasteiger partial charge on any atom is 0.419 e. The van der Waals surface area contributed by atoms with Crippen molar-refractivity contribution in [3.8, 4) is 0 Å². The summed E-state index contributed by atoms with van der Waals surface area (Å²) in [7, 11) is 0. The summed E-state index contributed by atoms with van der Waals surface area (Å²) in [6.45, 7) is 1.88. The summed E-state index contributed by atoms with van der Waals surface area (Å²) in [6.07, 6.45) is -3.03. The lowest BCUT2D eigenvalue weighted by atomic mass is 10.0. The number of fused-ring (bicyclic) bond motifs is 1. The predicted octanol–water partition coefficient (Wildman–Crippen LogP) is 3.79. The summed E-state index contributed by atoms with van der Waals surface area (Å²) < 4.78 is 52.9. The average Bonchev–Trinajstić information content (AvgIpc) is 2.85. The van der Waals surface area contributed by atoms with Crippen LogP contribution in [0.25, 0.3) is 5.65 Å². The quantitative estimate of drug-likeness (QED) is 0.674. The summed E-state index contributed by atoms with van der Waals surface area (Å²) in [5, 5.41) is 4.07. The van der Waals surface area contributed by atoms with Crippen LogP contribution in [-0.4, -0.2) is 14.6 Å². The van der Waals surface area contributed by atoms with Crippen LogP contribution in [0.15, 0.2) is 36.7 Å². The number of halogens is 4. The number of pyridine rings is 1. The summed E-state index contributed by atoms with van der Waals surface area (Å²) in [4.78, 5) is 4.07. The Morgan fingerprint density at radius 2 is 1.91 bits per heavy atom. The Hall–Kier alpha value is -2.44. The number of nitrogens with zero attached hydrogens (tertiary/aromatic N) is 3. The third-order valence-electron chi connectivity index (χ3n) is 3.32. The SMILES string of the molecule is Cc1cc(Cc2ccc(C(F)(F)F)c(F)c2)n2ncnc2c1. The molecule has 0 aliphatic rings. The standard InChI is InChI=1S/C15H11F4N3/c1-9-4-11(22-14(5-9)20-8-21-22)6-10-2-3-12(13(16)7-10)15(17,18)19/h2-5,7-8H,6H2,1H3. The summed E-state index contributed by atoms with van der Waals surface area (Å²) in [5.41, 5.74) is 1.50. The molecule has 0 amide bonds. The summed E-state index contributed by atoms with van der Waals surface area (Å²) in [6, 6.07) is 6.63. The molecule has 0 aliphatic carbocycles. The van der Waals surface area contributed by atoms with E-state index in [1.807, 2.05) is 19.1 Å². The number of rotatable bonds is 2. The molecule has 0 fully saturated rings. The fraction of sp³-hybridized carbons (Fsp3) is 0.200. The van der Waals surface area contributed by atoms with Gasteiger partial charge in [0.1, 0.15) is 12.1 Å². The molecule has 0 aliphatic heterocycles. The van der Waals surface area contributed by atoms with Crippen molar-refractivity contribution in [2.75, 3.05) is 0 Å². The van der Waals surface area contributed by atoms with E-state index < -0.39 is 17.6 Å². The second-order valence-corrected chi connectivity index (χ2v) is 5.04. The van der Waals surface area contributed by atoms with Gasteiger partial charge in [-0.2, -0.15) is 18.3 Å². The molecule has 0 saturated carbocycles. The molecule has 0 saturated heterocycles. The summed E-state index contributed by atoms with van der Waals surface area (Å²) in [5.74, 6) is -1.27. The molecule has 7 heteroatoms. The van der Waals surface area contributed by atoms with Crippen molar-refractivity contribution in [2.45, 2.75) is 19.5 Å². The normalized spacial score (nSPS) is 12.0. The second kappa shape index (κ2) is 5.08. The van der Waals surface area contributed by atoms with Gasteiger partial charge in [-0.1, -0.05) is 6.07 Å². The molecule has 3 rings (SSSR count). The highest BCUT2D eigenvalue weighted by Gasteiger charge is 2.33. The van der Waals surface area contributed by atoms with Gasteiger partial charge in [-0.15, -0.1) is 0 Å². The van der Waals surface area contributed by atoms with E-state index in [2.05, 4.69) is 10.1 Å². The zero-order valence-corrected chi connectivity index (χ0v) is 11.5. The van der Waals surface area contributed by atoms with Crippen molar-refractivity contribution < 1.29 is 17.6 Å². The van der Waals surface area contributed by atoms with Crippen LogP contribution in [0.5, 0.6) is 0 Å². The van der Waals surface area contributed by atoms with E-state index in [4.69, 9.17) is 0 Å². The van der Waals surface area contributed by atoms with Gasteiger partial charge in [0.05, 0.1) is 5.56 Å². The Balaban J connectivity index is 1.99. The Morgan fingerprint density at radius 3 is 2.59 bits per heavy atom. The Morgan fingerprint density at radius 1 is 1.14 bits per heavy atom. The highest BCUT2D eigenvalue weighted by atomic mass is 19.4. The highest BCUT2D eigenvalue weighted by molar-refractivity contribution is 5.42. The van der Waals surface area contributed by atoms with Gasteiger partial charge in [-0.25, -0.2) is 13.9 Å². The average molecular weight is 309 g/mol. The van der Waals surface area contributed by atoms with Gasteiger partial charge in [0.15, 0.2) is 5.65 Å². The molecular formula is C15H11F4N3. The van der Waals surface area contributed by atoms with Crippen molar-refractivity contribution >= 4 is 5.65 Å². The first-order chi connectivity index (χ1) is 10.3. The van der Waals surface area contributed by atoms with Crippen molar-refractivity contribution in [2.24, 2.45) is 0 Å². The van der Waals surface area contributed by atoms with Crippen molar-refractivity contribution in [1.82, 2.24) is 14.6 Å². The van der Waals surface area contributed by atoms with Gasteiger partial charge in [0, 0.05) is 12.1 Å². The lowest BCUT2D eigenvalue weighted by molar-refractivity contribution is -0.140. The number of aromatic nitrogens is 3. The minimum absolute atomic E-state index is 0.261. The number of aryl methyl sites for hydroxylation is 1. The monoisotopic (exact) mass is 309 g/mol. The van der Waals surface area contributed by atoms with E-state index >= 15 is 0 Å². The third kappa shape index (κ3) is 2.66. The third-order valence-corrected chi connectivity index (χ3v) is 3.32. The van der Waals surface area contributed by atoms with Gasteiger partial charge >= 0.3 is 6.18 Å². The summed E-state index contributed by atoms with van der Waals surface area (Å²) >= 11 is 0. The molecule has 2 heterocycles. The lowest BCUT2D eigenvalue weighted by Crippen LogP contribution is -2.09. The van der Waals surface area contributed by atoms with E-state index in [9.17, 15) is 17.6 Å². The van der Waals surface area contributed by atoms with E-state index in [0.717, 1.165) is 23.4 Å². The van der Waals surface area contributed by atoms with E-state index in [1.165, 1.54) is 12.4 Å². The Labute approximate surface area is 123 Å². The molecule has 3 aromatic rings. The minimum Gasteiger partial charge on any atom is -0.218 e. The number of hydrogen-bond donors (Lipinski definition) is 0. The maximum absolute atomic E-state index is 13.6. The van der Waals surface area contributed by atoms with Crippen molar-refractivity contribution in [3.05, 3.63) is 64.9 Å². The van der Waals surface area contributed by atoms with Crippen LogP contribution >= 0.6 is 0 Å². The smallest absolute Gasteiger partial charge is 0.218 e. The van der Waals surface area contributed by atoms with E-state index in [1.54, 1.807) is 4.52 Å². The fourth-order valence-electron chi connectivity index (χ4n) is 2.37. The number of benzene rings is 1. The zero-order chi connectivity index (χ0) is 15.9. The number of hydrogen-bond acceptors (Lipinski definition) is 2. The molecule has 22 heavy (non-hydrogen) atoms. The topological polar surface area (TPSA) is 30.2 Å². The number of alkyl halides is 3. The fourth-order valence-corrected chi connectivity index (χ4v) is 2.37. The molecule has 1 aromatic carbocycles. The molecule has 3 nitrogen and oxygen atoms in total. The molecule has 114 valence electrons. The second-order valence-electron chi connectivity index (χ2n) is 5.04. The van der Waals surface area contributed by atoms with Crippen LogP contribution < -0.4 is 0 Å². The zero-order valence-electron chi connectivity index (χ0n) is 11.5. The molecular weight excluding hydrogens is 298 g/mol. The van der Waals surface area contributed by atoms with Crippen LogP contribution in [0.4, 0.5) is 17.6 Å². The van der Waals surface area contributed by atoms with Gasteiger partial charge in [0.25, 0.3) is 0 Å². The van der Waals surface area contributed by atoms with Crippen LogP contribution in [0.1, 0.15) is 22.4 Å².